The minimum absolute atomic E-state index is 0.00332. The zero-order valence-electron chi connectivity index (χ0n) is 21.4. The molecule has 5 N–H and O–H groups in total. The van der Waals surface area contributed by atoms with E-state index in [0.29, 0.717) is 27.5 Å². The molecule has 4 bridgehead atoms. The lowest BCUT2D eigenvalue weighted by Gasteiger charge is -2.69. The highest BCUT2D eigenvalue weighted by Crippen LogP contribution is 2.76. The molecule has 0 aromatic heterocycles. The maximum Gasteiger partial charge on any atom is 0.321 e. The average Bonchev–Trinajstić information content (AvgIpc) is 3.28. The van der Waals surface area contributed by atoms with Gasteiger partial charge in [0.1, 0.15) is 23.6 Å². The first kappa shape index (κ1) is 24.1. The van der Waals surface area contributed by atoms with E-state index in [4.69, 9.17) is 19.9 Å². The minimum Gasteiger partial charge on any atom is -0.508 e. The summed E-state index contributed by atoms with van der Waals surface area (Å²) >= 11 is 1.10. The Bertz CT molecular complexity index is 1450. The Balaban J connectivity index is 1.54. The van der Waals surface area contributed by atoms with Crippen LogP contribution < -0.4 is 15.2 Å². The maximum absolute atomic E-state index is 11.8. The number of carboxylic acids is 1. The van der Waals surface area contributed by atoms with Gasteiger partial charge < -0.3 is 40.2 Å². The molecule has 0 amide bonds. The molecular weight excluding hydrogens is 508 g/mol. The van der Waals surface area contributed by atoms with Gasteiger partial charge in [-0.15, -0.1) is 11.8 Å². The molecule has 1 fully saturated rings. The van der Waals surface area contributed by atoms with Crippen molar-refractivity contribution in [1.29, 1.82) is 0 Å². The number of hydrogen-bond acceptors (Lipinski definition) is 9. The van der Waals surface area contributed by atoms with Gasteiger partial charge in [-0.05, 0) is 50.2 Å². The van der Waals surface area contributed by atoms with Gasteiger partial charge in [0.15, 0.2) is 17.1 Å². The number of phenols is 2. The van der Waals surface area contributed by atoms with Crippen molar-refractivity contribution in [3.05, 3.63) is 52.6 Å². The van der Waals surface area contributed by atoms with E-state index in [1.807, 2.05) is 12.1 Å². The number of piperidine rings is 1. The van der Waals surface area contributed by atoms with Crippen molar-refractivity contribution in [3.8, 4) is 23.0 Å². The molecule has 8 rings (SSSR count). The minimum atomic E-state index is -1.19. The van der Waals surface area contributed by atoms with Crippen LogP contribution in [0.4, 0.5) is 0 Å². The fraction of sp³-hybridized carbons (Fsp3) is 0.464. The molecule has 4 aliphatic carbocycles. The number of aliphatic carboxylic acids is 1. The SMILES string of the molecule is COc1ccc2c3c1O[C@H]1C4(OC)C=C[C@@]5(c6c(O)cc(SC[C@@H](N)C(=O)O)c(O)c64)[C@H](C2)N(C)CC[C@]315. The second-order valence-corrected chi connectivity index (χ2v) is 12.1. The number of carboxylic acid groups (broad SMARTS) is 1. The van der Waals surface area contributed by atoms with Gasteiger partial charge in [-0.1, -0.05) is 12.1 Å². The van der Waals surface area contributed by atoms with Crippen LogP contribution in [0.15, 0.2) is 35.2 Å². The lowest BCUT2D eigenvalue weighted by atomic mass is 9.37. The van der Waals surface area contributed by atoms with E-state index < -0.39 is 34.5 Å². The zero-order valence-corrected chi connectivity index (χ0v) is 22.2. The predicted octanol–water partition coefficient (Wildman–Crippen LogP) is 2.23. The first-order valence-corrected chi connectivity index (χ1v) is 13.7. The number of hydrogen-bond donors (Lipinski definition) is 4. The fourth-order valence-corrected chi connectivity index (χ4v) is 9.21. The number of aromatic hydroxyl groups is 2. The third-order valence-electron chi connectivity index (χ3n) is 9.73. The van der Waals surface area contributed by atoms with Crippen molar-refractivity contribution in [2.45, 2.75) is 52.4 Å². The summed E-state index contributed by atoms with van der Waals surface area (Å²) in [6, 6.07) is 4.51. The number of ether oxygens (including phenoxy) is 3. The summed E-state index contributed by atoms with van der Waals surface area (Å²) in [7, 11) is 5.34. The van der Waals surface area contributed by atoms with E-state index in [0.717, 1.165) is 36.7 Å². The lowest BCUT2D eigenvalue weighted by molar-refractivity contribution is -0.146. The third kappa shape index (κ3) is 2.44. The number of phenolic OH excluding ortho intramolecular Hbond substituents is 2. The van der Waals surface area contributed by atoms with Crippen LogP contribution in [-0.4, -0.2) is 77.9 Å². The Hall–Kier alpha value is -2.92. The molecule has 6 atom stereocenters. The van der Waals surface area contributed by atoms with Gasteiger partial charge in [0.25, 0.3) is 0 Å². The van der Waals surface area contributed by atoms with Gasteiger partial charge in [0.05, 0.1) is 17.4 Å². The number of nitrogens with two attached hydrogens (primary N) is 1. The molecule has 0 saturated carbocycles. The highest BCUT2D eigenvalue weighted by Gasteiger charge is 2.79. The number of thioether (sulfide) groups is 1. The van der Waals surface area contributed by atoms with E-state index in [1.54, 1.807) is 20.3 Å². The van der Waals surface area contributed by atoms with Crippen LogP contribution in [0.2, 0.25) is 0 Å². The summed E-state index contributed by atoms with van der Waals surface area (Å²) in [5, 5.41) is 32.8. The number of nitrogens with zero attached hydrogens (tertiary/aromatic N) is 1. The van der Waals surface area contributed by atoms with Gasteiger partial charge in [0, 0.05) is 41.0 Å². The molecule has 2 spiro atoms. The van der Waals surface area contributed by atoms with Crippen LogP contribution in [0, 0.1) is 0 Å². The Morgan fingerprint density at radius 3 is 2.76 bits per heavy atom. The maximum atomic E-state index is 11.8. The van der Waals surface area contributed by atoms with Crippen molar-refractivity contribution in [1.82, 2.24) is 4.90 Å². The molecule has 200 valence electrons. The van der Waals surface area contributed by atoms with E-state index in [2.05, 4.69) is 24.1 Å². The summed E-state index contributed by atoms with van der Waals surface area (Å²) < 4.78 is 18.9. The van der Waals surface area contributed by atoms with Crippen molar-refractivity contribution in [2.24, 2.45) is 5.73 Å². The first-order valence-electron chi connectivity index (χ1n) is 12.7. The van der Waals surface area contributed by atoms with Gasteiger partial charge in [0.2, 0.25) is 0 Å². The number of rotatable bonds is 6. The van der Waals surface area contributed by atoms with Crippen LogP contribution in [-0.2, 0) is 32.4 Å². The van der Waals surface area contributed by atoms with Gasteiger partial charge in [-0.3, -0.25) is 4.79 Å². The van der Waals surface area contributed by atoms with E-state index in [-0.39, 0.29) is 23.3 Å². The molecule has 38 heavy (non-hydrogen) atoms. The predicted molar refractivity (Wildman–Crippen MR) is 139 cm³/mol. The summed E-state index contributed by atoms with van der Waals surface area (Å²) in [5.74, 6) is 0.272. The summed E-state index contributed by atoms with van der Waals surface area (Å²) in [4.78, 5) is 14.0. The topological polar surface area (TPSA) is 135 Å². The third-order valence-corrected chi connectivity index (χ3v) is 10.9. The smallest absolute Gasteiger partial charge is 0.321 e. The van der Waals surface area contributed by atoms with Crippen LogP contribution in [0.3, 0.4) is 0 Å². The Labute approximate surface area is 224 Å². The second kappa shape index (κ2) is 7.59. The van der Waals surface area contributed by atoms with Crippen molar-refractivity contribution >= 4 is 17.7 Å². The highest BCUT2D eigenvalue weighted by molar-refractivity contribution is 7.99. The molecule has 0 radical (unpaired) electrons. The molecule has 1 unspecified atom stereocenters. The van der Waals surface area contributed by atoms with E-state index in [9.17, 15) is 20.1 Å². The molecule has 9 nitrogen and oxygen atoms in total. The number of likely N-dealkylation sites (N-methyl/N-ethyl adjacent to an activating group) is 1. The van der Waals surface area contributed by atoms with Crippen LogP contribution in [0.5, 0.6) is 23.0 Å². The number of carbonyl (C=O) groups is 1. The highest BCUT2D eigenvalue weighted by atomic mass is 32.2. The Morgan fingerprint density at radius 1 is 1.26 bits per heavy atom. The zero-order chi connectivity index (χ0) is 26.8. The van der Waals surface area contributed by atoms with Crippen molar-refractivity contribution < 1.29 is 34.3 Å². The molecule has 6 aliphatic rings. The quantitative estimate of drug-likeness (QED) is 0.246. The number of methoxy groups -OCH3 is 2. The van der Waals surface area contributed by atoms with E-state index in [1.165, 1.54) is 5.56 Å². The first-order chi connectivity index (χ1) is 18.2. The fourth-order valence-electron chi connectivity index (χ4n) is 8.27. The van der Waals surface area contributed by atoms with Gasteiger partial charge in [-0.25, -0.2) is 0 Å². The monoisotopic (exact) mass is 538 g/mol. The molecule has 2 aliphatic heterocycles. The Morgan fingerprint density at radius 2 is 2.05 bits per heavy atom. The summed E-state index contributed by atoms with van der Waals surface area (Å²) in [6.07, 6.45) is 5.18. The standard InChI is InChI=1S/C28H30N2O7S/c1-30-9-8-27-19-13-4-5-16(35-2)23(19)37-25(27)28(36-3)7-6-26(27,18(30)10-13)20-15(31)11-17(22(32)21(20)28)38-12-14(29)24(33)34/h4-7,11,14,18,25,31-32H,8-10,12,29H2,1-3H3,(H,33,34)/t14-,18+,25-,26+,27+,28?/m1/s1. The number of likely N-dealkylation sites (tertiary alicyclic amines) is 1. The summed E-state index contributed by atoms with van der Waals surface area (Å²) in [5.41, 5.74) is 6.78. The van der Waals surface area contributed by atoms with Gasteiger partial charge in [-0.2, -0.15) is 0 Å². The van der Waals surface area contributed by atoms with Crippen LogP contribution in [0.25, 0.3) is 0 Å². The number of benzene rings is 2. The summed E-state index contributed by atoms with van der Waals surface area (Å²) in [6.45, 7) is 0.846. The molecule has 1 saturated heterocycles. The molecule has 2 heterocycles. The van der Waals surface area contributed by atoms with Crippen LogP contribution >= 0.6 is 11.8 Å². The van der Waals surface area contributed by atoms with Gasteiger partial charge >= 0.3 is 5.97 Å². The van der Waals surface area contributed by atoms with Crippen molar-refractivity contribution in [3.63, 3.8) is 0 Å². The molecule has 2 aromatic rings. The largest absolute Gasteiger partial charge is 0.508 e. The normalized spacial score (nSPS) is 33.9. The van der Waals surface area contributed by atoms with Crippen molar-refractivity contribution in [2.75, 3.05) is 33.6 Å². The molecular formula is C28H30N2O7S. The van der Waals surface area contributed by atoms with Crippen LogP contribution in [0.1, 0.15) is 28.7 Å². The second-order valence-electron chi connectivity index (χ2n) is 11.0. The molecule has 2 aromatic carbocycles. The Kier molecular flexibility index (Phi) is 4.82. The lowest BCUT2D eigenvalue weighted by Crippen LogP contribution is -2.77. The van der Waals surface area contributed by atoms with E-state index >= 15 is 0 Å². The average molecular weight is 539 g/mol. The molecule has 10 heteroatoms.